The SMILES string of the molecule is Fc1ccc2[nH]ccc2c1CCC1CC(c2ccccc2)=CCN1. The lowest BCUT2D eigenvalue weighted by molar-refractivity contribution is 0.495. The van der Waals surface area contributed by atoms with Gasteiger partial charge in [-0.3, -0.25) is 0 Å². The van der Waals surface area contributed by atoms with Crippen molar-refractivity contribution in [1.82, 2.24) is 10.3 Å². The highest BCUT2D eigenvalue weighted by Gasteiger charge is 2.17. The van der Waals surface area contributed by atoms with Crippen LogP contribution in [0.5, 0.6) is 0 Å². The Labute approximate surface area is 141 Å². The first-order valence-corrected chi connectivity index (χ1v) is 8.53. The van der Waals surface area contributed by atoms with Gasteiger partial charge >= 0.3 is 0 Å². The van der Waals surface area contributed by atoms with E-state index >= 15 is 0 Å². The molecule has 4 rings (SSSR count). The molecule has 0 spiro atoms. The zero-order valence-electron chi connectivity index (χ0n) is 13.6. The molecule has 2 nitrogen and oxygen atoms in total. The highest BCUT2D eigenvalue weighted by molar-refractivity contribution is 5.83. The monoisotopic (exact) mass is 320 g/mol. The Balaban J connectivity index is 1.47. The van der Waals surface area contributed by atoms with Crippen LogP contribution in [0.15, 0.2) is 60.8 Å². The number of rotatable bonds is 4. The Hall–Kier alpha value is -2.39. The summed E-state index contributed by atoms with van der Waals surface area (Å²) in [6.07, 6.45) is 6.82. The Morgan fingerprint density at radius 2 is 1.92 bits per heavy atom. The number of halogens is 1. The van der Waals surface area contributed by atoms with E-state index in [0.29, 0.717) is 6.04 Å². The largest absolute Gasteiger partial charge is 0.361 e. The highest BCUT2D eigenvalue weighted by atomic mass is 19.1. The van der Waals surface area contributed by atoms with Crippen molar-refractivity contribution in [3.8, 4) is 0 Å². The molecule has 2 heterocycles. The van der Waals surface area contributed by atoms with E-state index in [1.165, 1.54) is 11.1 Å². The van der Waals surface area contributed by atoms with Crippen LogP contribution < -0.4 is 5.32 Å². The van der Waals surface area contributed by atoms with Crippen molar-refractivity contribution in [2.75, 3.05) is 6.54 Å². The summed E-state index contributed by atoms with van der Waals surface area (Å²) in [6.45, 7) is 0.881. The molecule has 1 aliphatic rings. The molecule has 0 radical (unpaired) electrons. The van der Waals surface area contributed by atoms with Crippen molar-refractivity contribution >= 4 is 16.5 Å². The first-order chi connectivity index (χ1) is 11.8. The van der Waals surface area contributed by atoms with Gasteiger partial charge < -0.3 is 10.3 Å². The van der Waals surface area contributed by atoms with E-state index in [-0.39, 0.29) is 5.82 Å². The fourth-order valence-electron chi connectivity index (χ4n) is 3.60. The molecule has 122 valence electrons. The average molecular weight is 320 g/mol. The first-order valence-electron chi connectivity index (χ1n) is 8.53. The molecule has 0 fully saturated rings. The molecular formula is C21H21FN2. The van der Waals surface area contributed by atoms with Gasteiger partial charge in [0.15, 0.2) is 0 Å². The van der Waals surface area contributed by atoms with Crippen LogP contribution in [-0.2, 0) is 6.42 Å². The number of fused-ring (bicyclic) bond motifs is 1. The van der Waals surface area contributed by atoms with Crippen LogP contribution in [0.3, 0.4) is 0 Å². The van der Waals surface area contributed by atoms with Gasteiger partial charge in [0.05, 0.1) is 0 Å². The van der Waals surface area contributed by atoms with Crippen molar-refractivity contribution < 1.29 is 4.39 Å². The summed E-state index contributed by atoms with van der Waals surface area (Å²) in [5.41, 5.74) is 4.52. The summed E-state index contributed by atoms with van der Waals surface area (Å²) in [4.78, 5) is 3.16. The van der Waals surface area contributed by atoms with Crippen LogP contribution in [0.25, 0.3) is 16.5 Å². The first kappa shape index (κ1) is 15.2. The molecule has 2 N–H and O–H groups in total. The van der Waals surface area contributed by atoms with Gasteiger partial charge in [0.1, 0.15) is 5.82 Å². The fraction of sp³-hybridized carbons (Fsp3) is 0.238. The molecule has 1 aromatic heterocycles. The van der Waals surface area contributed by atoms with E-state index in [9.17, 15) is 4.39 Å². The van der Waals surface area contributed by atoms with Crippen LogP contribution in [-0.4, -0.2) is 17.6 Å². The minimum Gasteiger partial charge on any atom is -0.361 e. The maximum atomic E-state index is 14.2. The van der Waals surface area contributed by atoms with E-state index in [1.54, 1.807) is 6.07 Å². The van der Waals surface area contributed by atoms with Crippen LogP contribution in [0.2, 0.25) is 0 Å². The third-order valence-corrected chi connectivity index (χ3v) is 4.90. The Morgan fingerprint density at radius 3 is 2.79 bits per heavy atom. The molecule has 0 aliphatic carbocycles. The van der Waals surface area contributed by atoms with Gasteiger partial charge in [-0.25, -0.2) is 4.39 Å². The number of aromatic amines is 1. The fourth-order valence-corrected chi connectivity index (χ4v) is 3.60. The standard InChI is InChI=1S/C21H21FN2/c22-20-8-9-21-19(11-13-24-21)18(20)7-6-17-14-16(10-12-23-17)15-4-2-1-3-5-15/h1-5,8-11,13,17,23-24H,6-7,12,14H2. The minimum atomic E-state index is -0.100. The Morgan fingerprint density at radius 1 is 1.04 bits per heavy atom. The quantitative estimate of drug-likeness (QED) is 0.717. The van der Waals surface area contributed by atoms with Crippen LogP contribution in [0.1, 0.15) is 24.0 Å². The lowest BCUT2D eigenvalue weighted by Crippen LogP contribution is -2.33. The number of H-pyrrole nitrogens is 1. The molecule has 0 bridgehead atoms. The van der Waals surface area contributed by atoms with Crippen LogP contribution >= 0.6 is 0 Å². The predicted molar refractivity (Wildman–Crippen MR) is 97.4 cm³/mol. The van der Waals surface area contributed by atoms with E-state index < -0.39 is 0 Å². The van der Waals surface area contributed by atoms with E-state index in [0.717, 1.165) is 42.3 Å². The number of nitrogens with one attached hydrogen (secondary N) is 2. The number of aromatic nitrogens is 1. The number of hydrogen-bond donors (Lipinski definition) is 2. The van der Waals surface area contributed by atoms with Gasteiger partial charge in [-0.15, -0.1) is 0 Å². The maximum Gasteiger partial charge on any atom is 0.127 e. The number of hydrogen-bond acceptors (Lipinski definition) is 1. The minimum absolute atomic E-state index is 0.100. The summed E-state index contributed by atoms with van der Waals surface area (Å²) in [5, 5.41) is 4.55. The lowest BCUT2D eigenvalue weighted by Gasteiger charge is -2.25. The number of aryl methyl sites for hydroxylation is 1. The van der Waals surface area contributed by atoms with Gasteiger partial charge in [-0.1, -0.05) is 36.4 Å². The van der Waals surface area contributed by atoms with Crippen molar-refractivity contribution in [2.45, 2.75) is 25.3 Å². The van der Waals surface area contributed by atoms with Crippen LogP contribution in [0, 0.1) is 5.82 Å². The smallest absolute Gasteiger partial charge is 0.127 e. The van der Waals surface area contributed by atoms with Gasteiger partial charge in [-0.2, -0.15) is 0 Å². The zero-order valence-corrected chi connectivity index (χ0v) is 13.6. The lowest BCUT2D eigenvalue weighted by atomic mass is 9.91. The topological polar surface area (TPSA) is 27.8 Å². The molecule has 3 heteroatoms. The molecule has 24 heavy (non-hydrogen) atoms. The second kappa shape index (κ2) is 6.62. The molecule has 2 aromatic carbocycles. The Kier molecular flexibility index (Phi) is 4.18. The second-order valence-electron chi connectivity index (χ2n) is 6.41. The molecule has 3 aromatic rings. The van der Waals surface area contributed by atoms with Crippen LogP contribution in [0.4, 0.5) is 4.39 Å². The van der Waals surface area contributed by atoms with Gasteiger partial charge in [0.2, 0.25) is 0 Å². The van der Waals surface area contributed by atoms with Crippen molar-refractivity contribution in [2.24, 2.45) is 0 Å². The second-order valence-corrected chi connectivity index (χ2v) is 6.41. The molecule has 1 unspecified atom stereocenters. The van der Waals surface area contributed by atoms with E-state index in [4.69, 9.17) is 0 Å². The molecule has 1 atom stereocenters. The summed E-state index contributed by atoms with van der Waals surface area (Å²) >= 11 is 0. The third-order valence-electron chi connectivity index (χ3n) is 4.90. The third kappa shape index (κ3) is 3.00. The summed E-state index contributed by atoms with van der Waals surface area (Å²) < 4.78 is 14.2. The molecule has 1 aliphatic heterocycles. The predicted octanol–water partition coefficient (Wildman–Crippen LogP) is 4.69. The molecule has 0 amide bonds. The normalized spacial score (nSPS) is 17.9. The van der Waals surface area contributed by atoms with Gasteiger partial charge in [-0.05, 0) is 54.2 Å². The molecular weight excluding hydrogens is 299 g/mol. The number of benzene rings is 2. The molecule has 0 saturated heterocycles. The highest BCUT2D eigenvalue weighted by Crippen LogP contribution is 2.26. The molecule has 0 saturated carbocycles. The summed E-state index contributed by atoms with van der Waals surface area (Å²) in [5.74, 6) is -0.100. The van der Waals surface area contributed by atoms with Crippen molar-refractivity contribution in [3.05, 3.63) is 77.7 Å². The summed E-state index contributed by atoms with van der Waals surface area (Å²) in [7, 11) is 0. The average Bonchev–Trinajstić information content (AvgIpc) is 3.11. The maximum absolute atomic E-state index is 14.2. The van der Waals surface area contributed by atoms with Crippen molar-refractivity contribution in [3.63, 3.8) is 0 Å². The van der Waals surface area contributed by atoms with E-state index in [1.807, 2.05) is 24.4 Å². The van der Waals surface area contributed by atoms with Gasteiger partial charge in [0.25, 0.3) is 0 Å². The Bertz CT molecular complexity index is 864. The zero-order chi connectivity index (χ0) is 16.4. The van der Waals surface area contributed by atoms with Crippen molar-refractivity contribution in [1.29, 1.82) is 0 Å². The van der Waals surface area contributed by atoms with Gasteiger partial charge in [0, 0.05) is 29.7 Å². The summed E-state index contributed by atoms with van der Waals surface area (Å²) in [6, 6.07) is 16.3. The van der Waals surface area contributed by atoms with E-state index in [2.05, 4.69) is 40.6 Å².